The lowest BCUT2D eigenvalue weighted by Gasteiger charge is -2.38. The number of halogens is 1. The Balaban J connectivity index is 1.29. The first-order valence-electron chi connectivity index (χ1n) is 9.81. The number of ether oxygens (including phenoxy) is 1. The fourth-order valence-electron chi connectivity index (χ4n) is 3.49. The zero-order valence-corrected chi connectivity index (χ0v) is 17.9. The van der Waals surface area contributed by atoms with E-state index >= 15 is 0 Å². The van der Waals surface area contributed by atoms with Gasteiger partial charge >= 0.3 is 0 Å². The van der Waals surface area contributed by atoms with Crippen molar-refractivity contribution in [3.63, 3.8) is 0 Å². The van der Waals surface area contributed by atoms with Gasteiger partial charge in [0.1, 0.15) is 10.8 Å². The van der Waals surface area contributed by atoms with Crippen molar-refractivity contribution in [2.45, 2.75) is 44.8 Å². The molecule has 2 fully saturated rings. The maximum atomic E-state index is 13.0. The molecule has 1 aliphatic carbocycles. The molecule has 2 aliphatic rings. The molecule has 0 unspecified atom stereocenters. The number of hydrogen-bond donors (Lipinski definition) is 0. The molecule has 5 nitrogen and oxygen atoms in total. The van der Waals surface area contributed by atoms with E-state index in [2.05, 4.69) is 10.3 Å². The Kier molecular flexibility index (Phi) is 5.63. The van der Waals surface area contributed by atoms with Crippen LogP contribution in [0.4, 0.5) is 0 Å². The van der Waals surface area contributed by atoms with E-state index in [1.54, 1.807) is 35.6 Å². The smallest absolute Gasteiger partial charge is 0.266 e. The van der Waals surface area contributed by atoms with Gasteiger partial charge in [-0.1, -0.05) is 11.6 Å². The second-order valence-electron chi connectivity index (χ2n) is 8.08. The molecule has 1 aromatic carbocycles. The molecular formula is C21H26ClN3O2S. The summed E-state index contributed by atoms with van der Waals surface area (Å²) in [5.74, 6) is 1.38. The van der Waals surface area contributed by atoms with Crippen LogP contribution in [0.25, 0.3) is 0 Å². The molecule has 28 heavy (non-hydrogen) atoms. The van der Waals surface area contributed by atoms with Crippen molar-refractivity contribution in [3.8, 4) is 5.75 Å². The van der Waals surface area contributed by atoms with Crippen LogP contribution in [0.5, 0.6) is 5.75 Å². The van der Waals surface area contributed by atoms with Gasteiger partial charge in [0, 0.05) is 42.5 Å². The van der Waals surface area contributed by atoms with Gasteiger partial charge in [0.05, 0.1) is 12.2 Å². The van der Waals surface area contributed by atoms with Crippen LogP contribution in [0.2, 0.25) is 5.02 Å². The van der Waals surface area contributed by atoms with E-state index in [1.807, 2.05) is 18.7 Å². The largest absolute Gasteiger partial charge is 0.478 e. The first-order valence-corrected chi connectivity index (χ1v) is 11.1. The van der Waals surface area contributed by atoms with Gasteiger partial charge in [0.15, 0.2) is 5.60 Å². The lowest BCUT2D eigenvalue weighted by atomic mass is 10.1. The van der Waals surface area contributed by atoms with E-state index in [0.29, 0.717) is 29.8 Å². The molecule has 0 bridgehead atoms. The average Bonchev–Trinajstić information content (AvgIpc) is 3.43. The van der Waals surface area contributed by atoms with Crippen molar-refractivity contribution in [1.82, 2.24) is 14.8 Å². The van der Waals surface area contributed by atoms with Gasteiger partial charge in [-0.15, -0.1) is 11.3 Å². The van der Waals surface area contributed by atoms with Gasteiger partial charge in [-0.05, 0) is 51.0 Å². The standard InChI is InChI=1S/C21H26ClN3O2S/c1-21(2,27-17-7-5-16(22)6-8-17)20(26)25-11-9-24(10-12-25)13-19-23-18(14-28-19)15-3-4-15/h5-8,14-15H,3-4,9-13H2,1-2H3. The Bertz CT molecular complexity index is 824. The van der Waals surface area contributed by atoms with Crippen LogP contribution in [0.1, 0.15) is 43.3 Å². The summed E-state index contributed by atoms with van der Waals surface area (Å²) in [5.41, 5.74) is 0.361. The quantitative estimate of drug-likeness (QED) is 0.704. The summed E-state index contributed by atoms with van der Waals surface area (Å²) in [6.45, 7) is 7.68. The number of amides is 1. The van der Waals surface area contributed by atoms with E-state index in [1.165, 1.54) is 23.5 Å². The van der Waals surface area contributed by atoms with E-state index in [0.717, 1.165) is 19.6 Å². The average molecular weight is 420 g/mol. The first-order chi connectivity index (χ1) is 13.4. The zero-order chi connectivity index (χ0) is 19.7. The van der Waals surface area contributed by atoms with Crippen molar-refractivity contribution >= 4 is 28.8 Å². The van der Waals surface area contributed by atoms with Crippen LogP contribution in [0.15, 0.2) is 29.6 Å². The van der Waals surface area contributed by atoms with E-state index in [4.69, 9.17) is 21.3 Å². The van der Waals surface area contributed by atoms with Crippen molar-refractivity contribution in [2.75, 3.05) is 26.2 Å². The number of benzene rings is 1. The molecule has 1 aliphatic heterocycles. The van der Waals surface area contributed by atoms with Gasteiger partial charge in [0.25, 0.3) is 5.91 Å². The van der Waals surface area contributed by atoms with Crippen molar-refractivity contribution in [3.05, 3.63) is 45.4 Å². The number of carbonyl (C=O) groups is 1. The van der Waals surface area contributed by atoms with Gasteiger partial charge in [-0.25, -0.2) is 4.98 Å². The van der Waals surface area contributed by atoms with Crippen molar-refractivity contribution < 1.29 is 9.53 Å². The highest BCUT2D eigenvalue weighted by atomic mass is 35.5. The number of thiazole rings is 1. The fraction of sp³-hybridized carbons (Fsp3) is 0.524. The summed E-state index contributed by atoms with van der Waals surface area (Å²) in [7, 11) is 0. The molecule has 7 heteroatoms. The third kappa shape index (κ3) is 4.67. The SMILES string of the molecule is CC(C)(Oc1ccc(Cl)cc1)C(=O)N1CCN(Cc2nc(C3CC3)cs2)CC1. The van der Waals surface area contributed by atoms with Crippen LogP contribution in [0, 0.1) is 0 Å². The minimum Gasteiger partial charge on any atom is -0.478 e. The number of rotatable bonds is 6. The van der Waals surface area contributed by atoms with E-state index in [-0.39, 0.29) is 5.91 Å². The van der Waals surface area contributed by atoms with Gasteiger partial charge in [0.2, 0.25) is 0 Å². The Labute approximate surface area is 175 Å². The molecule has 4 rings (SSSR count). The number of piperazine rings is 1. The maximum absolute atomic E-state index is 13.0. The Morgan fingerprint density at radius 1 is 1.21 bits per heavy atom. The first kappa shape index (κ1) is 19.7. The van der Waals surface area contributed by atoms with Crippen LogP contribution in [-0.4, -0.2) is 52.5 Å². The summed E-state index contributed by atoms with van der Waals surface area (Å²) in [5, 5.41) is 4.05. The van der Waals surface area contributed by atoms with Gasteiger partial charge in [-0.2, -0.15) is 0 Å². The van der Waals surface area contributed by atoms with Crippen LogP contribution >= 0.6 is 22.9 Å². The lowest BCUT2D eigenvalue weighted by molar-refractivity contribution is -0.147. The molecule has 150 valence electrons. The molecule has 2 aromatic rings. The third-order valence-electron chi connectivity index (χ3n) is 5.29. The topological polar surface area (TPSA) is 45.7 Å². The molecule has 1 amide bonds. The minimum absolute atomic E-state index is 0.0207. The van der Waals surface area contributed by atoms with Crippen molar-refractivity contribution in [2.24, 2.45) is 0 Å². The molecular weight excluding hydrogens is 394 g/mol. The fourth-order valence-corrected chi connectivity index (χ4v) is 4.53. The highest BCUT2D eigenvalue weighted by Gasteiger charge is 2.36. The summed E-state index contributed by atoms with van der Waals surface area (Å²) < 4.78 is 5.95. The maximum Gasteiger partial charge on any atom is 0.266 e. The van der Waals surface area contributed by atoms with Gasteiger partial charge in [-0.3, -0.25) is 9.69 Å². The zero-order valence-electron chi connectivity index (χ0n) is 16.4. The predicted octanol–water partition coefficient (Wildman–Crippen LogP) is 4.18. The monoisotopic (exact) mass is 419 g/mol. The molecule has 1 saturated heterocycles. The Hall–Kier alpha value is -1.63. The van der Waals surface area contributed by atoms with Crippen molar-refractivity contribution in [1.29, 1.82) is 0 Å². The molecule has 0 atom stereocenters. The normalized spacial score (nSPS) is 18.3. The number of hydrogen-bond acceptors (Lipinski definition) is 5. The third-order valence-corrected chi connectivity index (χ3v) is 6.39. The molecule has 0 radical (unpaired) electrons. The highest BCUT2D eigenvalue weighted by Crippen LogP contribution is 2.40. The summed E-state index contributed by atoms with van der Waals surface area (Å²) in [6.07, 6.45) is 2.58. The van der Waals surface area contributed by atoms with E-state index < -0.39 is 5.60 Å². The van der Waals surface area contributed by atoms with Crippen LogP contribution < -0.4 is 4.74 Å². The molecule has 2 heterocycles. The molecule has 1 saturated carbocycles. The summed E-state index contributed by atoms with van der Waals surface area (Å²) in [6, 6.07) is 7.12. The number of carbonyl (C=O) groups excluding carboxylic acids is 1. The minimum atomic E-state index is -0.912. The molecule has 1 aromatic heterocycles. The Morgan fingerprint density at radius 2 is 1.89 bits per heavy atom. The Morgan fingerprint density at radius 3 is 2.54 bits per heavy atom. The highest BCUT2D eigenvalue weighted by molar-refractivity contribution is 7.09. The second kappa shape index (κ2) is 8.01. The lowest BCUT2D eigenvalue weighted by Crippen LogP contribution is -2.55. The summed E-state index contributed by atoms with van der Waals surface area (Å²) in [4.78, 5) is 22.1. The number of aromatic nitrogens is 1. The predicted molar refractivity (Wildman–Crippen MR) is 112 cm³/mol. The van der Waals surface area contributed by atoms with Crippen LogP contribution in [-0.2, 0) is 11.3 Å². The van der Waals surface area contributed by atoms with Gasteiger partial charge < -0.3 is 9.64 Å². The molecule has 0 N–H and O–H groups in total. The second-order valence-corrected chi connectivity index (χ2v) is 9.45. The number of nitrogens with zero attached hydrogens (tertiary/aromatic N) is 3. The summed E-state index contributed by atoms with van der Waals surface area (Å²) >= 11 is 7.68. The van der Waals surface area contributed by atoms with E-state index in [9.17, 15) is 4.79 Å². The molecule has 0 spiro atoms. The van der Waals surface area contributed by atoms with Crippen LogP contribution in [0.3, 0.4) is 0 Å².